The Hall–Kier alpha value is -0.120. The van der Waals surface area contributed by atoms with Crippen LogP contribution in [0.4, 0.5) is 0 Å². The van der Waals surface area contributed by atoms with Gasteiger partial charge < -0.3 is 15.5 Å². The summed E-state index contributed by atoms with van der Waals surface area (Å²) < 4.78 is 0. The monoisotopic (exact) mass is 239 g/mol. The molecule has 1 aliphatic heterocycles. The van der Waals surface area contributed by atoms with Crippen LogP contribution in [-0.2, 0) is 0 Å². The molecule has 2 rings (SSSR count). The van der Waals surface area contributed by atoms with Crippen LogP contribution in [0.2, 0.25) is 0 Å². The summed E-state index contributed by atoms with van der Waals surface area (Å²) in [5.74, 6) is 1.02. The van der Waals surface area contributed by atoms with E-state index in [1.54, 1.807) is 0 Å². The van der Waals surface area contributed by atoms with E-state index in [2.05, 4.69) is 16.7 Å². The fraction of sp³-hybridized carbons (Fsp3) is 1.00. The van der Waals surface area contributed by atoms with Gasteiger partial charge in [0.05, 0.1) is 0 Å². The number of hydrogen-bond donors (Lipinski definition) is 1. The van der Waals surface area contributed by atoms with Crippen LogP contribution in [0.25, 0.3) is 0 Å². The molecular formula is C14H29N3. The van der Waals surface area contributed by atoms with Crippen molar-refractivity contribution in [3.63, 3.8) is 0 Å². The maximum absolute atomic E-state index is 5.94. The Labute approximate surface area is 106 Å². The van der Waals surface area contributed by atoms with Gasteiger partial charge in [0.25, 0.3) is 0 Å². The lowest BCUT2D eigenvalue weighted by Crippen LogP contribution is -2.43. The highest BCUT2D eigenvalue weighted by atomic mass is 15.2. The van der Waals surface area contributed by atoms with Crippen molar-refractivity contribution in [1.82, 2.24) is 9.80 Å². The summed E-state index contributed by atoms with van der Waals surface area (Å²) in [6.45, 7) is 9.86. The standard InChI is InChI=1S/C14H29N3/c1-2-7-17(12-13-3-4-13)11-10-16-8-5-14(15)6-9-16/h13-14H,2-12,15H2,1H3. The third kappa shape index (κ3) is 4.94. The molecule has 0 aromatic rings. The molecule has 0 bridgehead atoms. The average molecular weight is 239 g/mol. The van der Waals surface area contributed by atoms with Crippen LogP contribution in [-0.4, -0.2) is 55.1 Å². The molecule has 0 aromatic heterocycles. The number of nitrogens with two attached hydrogens (primary N) is 1. The molecule has 1 aliphatic carbocycles. The zero-order valence-electron chi connectivity index (χ0n) is 11.4. The Morgan fingerprint density at radius 2 is 1.82 bits per heavy atom. The van der Waals surface area contributed by atoms with E-state index in [0.717, 1.165) is 5.92 Å². The summed E-state index contributed by atoms with van der Waals surface area (Å²) in [4.78, 5) is 5.27. The summed E-state index contributed by atoms with van der Waals surface area (Å²) in [7, 11) is 0. The Morgan fingerprint density at radius 1 is 1.12 bits per heavy atom. The molecule has 1 saturated heterocycles. The van der Waals surface area contributed by atoms with E-state index in [0.29, 0.717) is 6.04 Å². The van der Waals surface area contributed by atoms with Gasteiger partial charge in [-0.2, -0.15) is 0 Å². The summed E-state index contributed by atoms with van der Waals surface area (Å²) in [5, 5.41) is 0. The Kier molecular flexibility index (Phi) is 5.26. The number of rotatable bonds is 7. The summed E-state index contributed by atoms with van der Waals surface area (Å²) >= 11 is 0. The van der Waals surface area contributed by atoms with Gasteiger partial charge in [0.1, 0.15) is 0 Å². The van der Waals surface area contributed by atoms with Crippen molar-refractivity contribution in [3.8, 4) is 0 Å². The van der Waals surface area contributed by atoms with Crippen LogP contribution in [0.1, 0.15) is 39.0 Å². The first-order valence-corrected chi connectivity index (χ1v) is 7.48. The fourth-order valence-electron chi connectivity index (χ4n) is 2.74. The zero-order chi connectivity index (χ0) is 12.1. The molecule has 17 heavy (non-hydrogen) atoms. The summed E-state index contributed by atoms with van der Waals surface area (Å²) in [6.07, 6.45) is 6.61. The smallest absolute Gasteiger partial charge is 0.0109 e. The molecule has 0 spiro atoms. The zero-order valence-corrected chi connectivity index (χ0v) is 11.4. The van der Waals surface area contributed by atoms with Gasteiger partial charge in [0, 0.05) is 25.7 Å². The molecule has 0 atom stereocenters. The lowest BCUT2D eigenvalue weighted by Gasteiger charge is -2.32. The van der Waals surface area contributed by atoms with Crippen molar-refractivity contribution in [1.29, 1.82) is 0 Å². The first-order valence-electron chi connectivity index (χ1n) is 7.48. The van der Waals surface area contributed by atoms with E-state index in [4.69, 9.17) is 5.73 Å². The summed E-state index contributed by atoms with van der Waals surface area (Å²) in [5.41, 5.74) is 5.94. The number of piperidine rings is 1. The molecule has 100 valence electrons. The van der Waals surface area contributed by atoms with Gasteiger partial charge in [-0.25, -0.2) is 0 Å². The molecule has 1 heterocycles. The normalized spacial score (nSPS) is 23.5. The lowest BCUT2D eigenvalue weighted by atomic mass is 10.1. The van der Waals surface area contributed by atoms with Gasteiger partial charge in [0.15, 0.2) is 0 Å². The predicted molar refractivity (Wildman–Crippen MR) is 73.1 cm³/mol. The van der Waals surface area contributed by atoms with Crippen LogP contribution in [0.15, 0.2) is 0 Å². The molecule has 0 radical (unpaired) electrons. The van der Waals surface area contributed by atoms with E-state index in [-0.39, 0.29) is 0 Å². The van der Waals surface area contributed by atoms with Gasteiger partial charge >= 0.3 is 0 Å². The maximum atomic E-state index is 5.94. The van der Waals surface area contributed by atoms with E-state index < -0.39 is 0 Å². The molecule has 3 nitrogen and oxygen atoms in total. The highest BCUT2D eigenvalue weighted by Gasteiger charge is 2.24. The SMILES string of the molecule is CCCN(CCN1CCC(N)CC1)CC1CC1. The molecule has 2 aliphatic rings. The molecule has 0 amide bonds. The molecule has 1 saturated carbocycles. The quantitative estimate of drug-likeness (QED) is 0.731. The lowest BCUT2D eigenvalue weighted by molar-refractivity contribution is 0.170. The Balaban J connectivity index is 1.63. The van der Waals surface area contributed by atoms with Gasteiger partial charge in [0.2, 0.25) is 0 Å². The first-order chi connectivity index (χ1) is 8.28. The first kappa shape index (κ1) is 13.3. The summed E-state index contributed by atoms with van der Waals surface area (Å²) in [6, 6.07) is 0.462. The van der Waals surface area contributed by atoms with Crippen LogP contribution in [0, 0.1) is 5.92 Å². The minimum Gasteiger partial charge on any atom is -0.328 e. The van der Waals surface area contributed by atoms with Crippen molar-refractivity contribution in [2.75, 3.05) is 39.3 Å². The topological polar surface area (TPSA) is 32.5 Å². The van der Waals surface area contributed by atoms with Crippen LogP contribution in [0.5, 0.6) is 0 Å². The minimum atomic E-state index is 0.462. The van der Waals surface area contributed by atoms with E-state index in [1.807, 2.05) is 0 Å². The molecular weight excluding hydrogens is 210 g/mol. The third-order valence-electron chi connectivity index (χ3n) is 4.12. The Morgan fingerprint density at radius 3 is 2.41 bits per heavy atom. The highest BCUT2D eigenvalue weighted by Crippen LogP contribution is 2.29. The molecule has 0 aromatic carbocycles. The molecule has 2 N–H and O–H groups in total. The second kappa shape index (κ2) is 6.72. The molecule has 3 heteroatoms. The van der Waals surface area contributed by atoms with Crippen molar-refractivity contribution in [2.45, 2.75) is 45.1 Å². The fourth-order valence-corrected chi connectivity index (χ4v) is 2.74. The van der Waals surface area contributed by atoms with Crippen LogP contribution in [0.3, 0.4) is 0 Å². The Bertz CT molecular complexity index is 208. The van der Waals surface area contributed by atoms with Crippen molar-refractivity contribution < 1.29 is 0 Å². The number of likely N-dealkylation sites (tertiary alicyclic amines) is 1. The van der Waals surface area contributed by atoms with E-state index in [1.165, 1.54) is 71.4 Å². The van der Waals surface area contributed by atoms with E-state index >= 15 is 0 Å². The van der Waals surface area contributed by atoms with Crippen molar-refractivity contribution >= 4 is 0 Å². The predicted octanol–water partition coefficient (Wildman–Crippen LogP) is 1.53. The third-order valence-corrected chi connectivity index (χ3v) is 4.12. The second-order valence-electron chi connectivity index (χ2n) is 5.92. The molecule has 0 unspecified atom stereocenters. The highest BCUT2D eigenvalue weighted by molar-refractivity contribution is 4.79. The van der Waals surface area contributed by atoms with Gasteiger partial charge in [-0.1, -0.05) is 6.92 Å². The van der Waals surface area contributed by atoms with E-state index in [9.17, 15) is 0 Å². The average Bonchev–Trinajstić information content (AvgIpc) is 3.12. The number of hydrogen-bond acceptors (Lipinski definition) is 3. The second-order valence-corrected chi connectivity index (χ2v) is 5.92. The van der Waals surface area contributed by atoms with Gasteiger partial charge in [-0.15, -0.1) is 0 Å². The number of nitrogens with zero attached hydrogens (tertiary/aromatic N) is 2. The largest absolute Gasteiger partial charge is 0.328 e. The van der Waals surface area contributed by atoms with Crippen LogP contribution < -0.4 is 5.73 Å². The maximum Gasteiger partial charge on any atom is 0.0109 e. The molecule has 2 fully saturated rings. The van der Waals surface area contributed by atoms with Crippen molar-refractivity contribution in [2.24, 2.45) is 11.7 Å². The van der Waals surface area contributed by atoms with Gasteiger partial charge in [-0.3, -0.25) is 0 Å². The van der Waals surface area contributed by atoms with Gasteiger partial charge in [-0.05, 0) is 57.7 Å². The van der Waals surface area contributed by atoms with Crippen LogP contribution >= 0.6 is 0 Å². The minimum absolute atomic E-state index is 0.462. The van der Waals surface area contributed by atoms with Crippen molar-refractivity contribution in [3.05, 3.63) is 0 Å².